The van der Waals surface area contributed by atoms with Crippen LogP contribution in [0, 0.1) is 0 Å². The summed E-state index contributed by atoms with van der Waals surface area (Å²) in [4.78, 5) is 20.8. The monoisotopic (exact) mass is 434 g/mol. The third-order valence-corrected chi connectivity index (χ3v) is 5.71. The molecular weight excluding hydrogens is 412 g/mol. The van der Waals surface area contributed by atoms with Crippen molar-refractivity contribution in [1.82, 2.24) is 29.6 Å². The Kier molecular flexibility index (Phi) is 6.32. The Morgan fingerprint density at radius 3 is 2.55 bits per heavy atom. The molecule has 1 unspecified atom stereocenters. The Morgan fingerprint density at radius 1 is 1.13 bits per heavy atom. The van der Waals surface area contributed by atoms with E-state index in [-0.39, 0.29) is 17.7 Å². The van der Waals surface area contributed by atoms with Gasteiger partial charge < -0.3 is 10.1 Å². The molecule has 4 rings (SSSR count). The molecule has 0 aliphatic heterocycles. The molecule has 9 heteroatoms. The van der Waals surface area contributed by atoms with E-state index >= 15 is 0 Å². The van der Waals surface area contributed by atoms with E-state index in [0.29, 0.717) is 0 Å². The largest absolute Gasteiger partial charge is 0.497 e. The van der Waals surface area contributed by atoms with E-state index in [4.69, 9.17) is 4.74 Å². The van der Waals surface area contributed by atoms with Crippen LogP contribution >= 0.6 is 11.8 Å². The summed E-state index contributed by atoms with van der Waals surface area (Å²) in [5, 5.41) is 7.91. The van der Waals surface area contributed by atoms with Gasteiger partial charge in [0.05, 0.1) is 24.6 Å². The number of carbonyl (C=O) groups is 1. The first-order valence-corrected chi connectivity index (χ1v) is 10.7. The first-order chi connectivity index (χ1) is 15.1. The second-order valence-corrected chi connectivity index (χ2v) is 7.73. The number of hydrogen-bond acceptors (Lipinski definition) is 6. The number of nitrogens with zero attached hydrogens (tertiary/aromatic N) is 5. The molecule has 158 valence electrons. The van der Waals surface area contributed by atoms with Crippen LogP contribution in [-0.4, -0.2) is 43.1 Å². The average molecular weight is 435 g/mol. The summed E-state index contributed by atoms with van der Waals surface area (Å²) in [6, 6.07) is 15.4. The van der Waals surface area contributed by atoms with Gasteiger partial charge >= 0.3 is 0 Å². The molecule has 0 fully saturated rings. The van der Waals surface area contributed by atoms with Crippen LogP contribution in [0.1, 0.15) is 18.5 Å². The topological polar surface area (TPSA) is 86.9 Å². The van der Waals surface area contributed by atoms with Crippen molar-refractivity contribution in [2.75, 3.05) is 12.9 Å². The Bertz CT molecular complexity index is 1120. The quantitative estimate of drug-likeness (QED) is 0.428. The minimum atomic E-state index is -0.112. The van der Waals surface area contributed by atoms with Crippen LogP contribution in [0.25, 0.3) is 11.4 Å². The number of nitrogens with one attached hydrogen (secondary N) is 1. The zero-order valence-corrected chi connectivity index (χ0v) is 18.0. The van der Waals surface area contributed by atoms with Gasteiger partial charge in [-0.15, -0.1) is 0 Å². The predicted molar refractivity (Wildman–Crippen MR) is 119 cm³/mol. The highest BCUT2D eigenvalue weighted by Gasteiger charge is 2.13. The molecule has 0 bridgehead atoms. The number of methoxy groups -OCH3 is 1. The number of aromatic nitrogens is 5. The zero-order valence-electron chi connectivity index (χ0n) is 17.2. The van der Waals surface area contributed by atoms with E-state index in [9.17, 15) is 4.79 Å². The van der Waals surface area contributed by atoms with Gasteiger partial charge in [-0.25, -0.2) is 14.6 Å². The van der Waals surface area contributed by atoms with Crippen molar-refractivity contribution in [2.24, 2.45) is 0 Å². The third kappa shape index (κ3) is 4.95. The van der Waals surface area contributed by atoms with Crippen molar-refractivity contribution >= 4 is 17.7 Å². The Hall–Kier alpha value is -3.59. The molecule has 0 aliphatic rings. The lowest BCUT2D eigenvalue weighted by Gasteiger charge is -2.15. The lowest BCUT2D eigenvalue weighted by molar-refractivity contribution is -0.119. The number of thioether (sulfide) groups is 1. The molecule has 1 N–H and O–H groups in total. The maximum absolute atomic E-state index is 12.5. The zero-order chi connectivity index (χ0) is 21.6. The fraction of sp³-hybridized carbons (Fsp3) is 0.182. The molecule has 2 aromatic heterocycles. The van der Waals surface area contributed by atoms with Gasteiger partial charge in [-0.3, -0.25) is 9.36 Å². The van der Waals surface area contributed by atoms with Crippen LogP contribution in [0.2, 0.25) is 0 Å². The number of carbonyl (C=O) groups excluding carboxylic acids is 1. The van der Waals surface area contributed by atoms with Gasteiger partial charge in [0.2, 0.25) is 5.91 Å². The summed E-state index contributed by atoms with van der Waals surface area (Å²) < 4.78 is 8.84. The van der Waals surface area contributed by atoms with Gasteiger partial charge in [0.25, 0.3) is 0 Å². The van der Waals surface area contributed by atoms with E-state index in [1.807, 2.05) is 66.2 Å². The van der Waals surface area contributed by atoms with Crippen LogP contribution in [0.4, 0.5) is 0 Å². The Labute approximate surface area is 184 Å². The third-order valence-electron chi connectivity index (χ3n) is 4.74. The lowest BCUT2D eigenvalue weighted by Crippen LogP contribution is -2.28. The highest BCUT2D eigenvalue weighted by molar-refractivity contribution is 7.99. The molecule has 0 radical (unpaired) electrons. The van der Waals surface area contributed by atoms with Gasteiger partial charge in [0.15, 0.2) is 5.16 Å². The van der Waals surface area contributed by atoms with Gasteiger partial charge in [-0.1, -0.05) is 23.9 Å². The van der Waals surface area contributed by atoms with Crippen molar-refractivity contribution in [2.45, 2.75) is 18.1 Å². The number of benzene rings is 2. The molecule has 1 atom stereocenters. The normalized spacial score (nSPS) is 11.8. The lowest BCUT2D eigenvalue weighted by atomic mass is 10.1. The summed E-state index contributed by atoms with van der Waals surface area (Å²) in [7, 11) is 1.64. The van der Waals surface area contributed by atoms with Gasteiger partial charge in [-0.2, -0.15) is 5.10 Å². The van der Waals surface area contributed by atoms with Gasteiger partial charge in [0, 0.05) is 18.1 Å². The van der Waals surface area contributed by atoms with Crippen molar-refractivity contribution in [3.63, 3.8) is 0 Å². The second-order valence-electron chi connectivity index (χ2n) is 6.79. The van der Waals surface area contributed by atoms with Gasteiger partial charge in [-0.05, 0) is 48.9 Å². The molecular formula is C22H22N6O2S. The standard InChI is InChI=1S/C22H22N6O2S/c1-16(17-3-5-19(6-4-17)28-15-23-14-25-28)26-21(29)13-31-22-24-11-12-27(22)18-7-9-20(30-2)10-8-18/h3-12,14-16H,13H2,1-2H3,(H,26,29). The van der Waals surface area contributed by atoms with E-state index in [1.54, 1.807) is 24.3 Å². The van der Waals surface area contributed by atoms with Crippen molar-refractivity contribution in [1.29, 1.82) is 0 Å². The number of imidazole rings is 1. The summed E-state index contributed by atoms with van der Waals surface area (Å²) in [5.41, 5.74) is 2.89. The maximum Gasteiger partial charge on any atom is 0.230 e. The highest BCUT2D eigenvalue weighted by atomic mass is 32.2. The van der Waals surface area contributed by atoms with Gasteiger partial charge in [0.1, 0.15) is 18.4 Å². The van der Waals surface area contributed by atoms with E-state index in [2.05, 4.69) is 20.4 Å². The molecule has 8 nitrogen and oxygen atoms in total. The number of amides is 1. The maximum atomic E-state index is 12.5. The molecule has 2 aromatic carbocycles. The highest BCUT2D eigenvalue weighted by Crippen LogP contribution is 2.22. The molecule has 0 aliphatic carbocycles. The SMILES string of the molecule is COc1ccc(-n2ccnc2SCC(=O)NC(C)c2ccc(-n3cncn3)cc2)cc1. The van der Waals surface area contributed by atoms with Crippen molar-refractivity contribution in [3.05, 3.63) is 79.1 Å². The molecule has 1 amide bonds. The van der Waals surface area contributed by atoms with E-state index in [0.717, 1.165) is 27.8 Å². The van der Waals surface area contributed by atoms with Crippen LogP contribution < -0.4 is 10.1 Å². The summed E-state index contributed by atoms with van der Waals surface area (Å²) >= 11 is 1.39. The van der Waals surface area contributed by atoms with Crippen LogP contribution in [0.5, 0.6) is 5.75 Å². The van der Waals surface area contributed by atoms with Crippen molar-refractivity contribution in [3.8, 4) is 17.1 Å². The number of rotatable bonds is 8. The van der Waals surface area contributed by atoms with E-state index < -0.39 is 0 Å². The van der Waals surface area contributed by atoms with Crippen molar-refractivity contribution < 1.29 is 9.53 Å². The minimum Gasteiger partial charge on any atom is -0.497 e. The molecule has 0 saturated heterocycles. The Balaban J connectivity index is 1.34. The van der Waals surface area contributed by atoms with Crippen LogP contribution in [0.3, 0.4) is 0 Å². The second kappa shape index (κ2) is 9.48. The minimum absolute atomic E-state index is 0.0536. The Morgan fingerprint density at radius 2 is 1.87 bits per heavy atom. The fourth-order valence-electron chi connectivity index (χ4n) is 3.09. The molecule has 0 saturated carbocycles. The van der Waals surface area contributed by atoms with E-state index in [1.165, 1.54) is 18.1 Å². The van der Waals surface area contributed by atoms with Crippen LogP contribution in [0.15, 0.2) is 78.7 Å². The first-order valence-electron chi connectivity index (χ1n) is 9.69. The molecule has 2 heterocycles. The average Bonchev–Trinajstić information content (AvgIpc) is 3.50. The summed E-state index contributed by atoms with van der Waals surface area (Å²) in [6.45, 7) is 1.96. The smallest absolute Gasteiger partial charge is 0.230 e. The molecule has 0 spiro atoms. The number of ether oxygens (including phenoxy) is 1. The predicted octanol–water partition coefficient (Wildman–Crippen LogP) is 3.43. The molecule has 4 aromatic rings. The summed E-state index contributed by atoms with van der Waals surface area (Å²) in [5.74, 6) is 1.01. The first kappa shape index (κ1) is 20.7. The molecule has 31 heavy (non-hydrogen) atoms. The van der Waals surface area contributed by atoms with Crippen LogP contribution in [-0.2, 0) is 4.79 Å². The fourth-order valence-corrected chi connectivity index (χ4v) is 3.87. The summed E-state index contributed by atoms with van der Waals surface area (Å²) in [6.07, 6.45) is 6.74. The number of hydrogen-bond donors (Lipinski definition) is 1.